The van der Waals surface area contributed by atoms with Crippen molar-refractivity contribution in [2.45, 2.75) is 13.2 Å². The molecule has 0 fully saturated rings. The second kappa shape index (κ2) is 6.73. The minimum absolute atomic E-state index is 0.0332. The Morgan fingerprint density at radius 3 is 2.35 bits per heavy atom. The molecule has 2 rings (SSSR count). The zero-order valence-corrected chi connectivity index (χ0v) is 11.3. The third-order valence-electron chi connectivity index (χ3n) is 3.08. The second-order valence-corrected chi connectivity index (χ2v) is 4.34. The maximum atomic E-state index is 12.0. The van der Waals surface area contributed by atoms with Crippen LogP contribution < -0.4 is 10.1 Å². The third kappa shape index (κ3) is 3.36. The lowest BCUT2D eigenvalue weighted by molar-refractivity contribution is 0.0950. The van der Waals surface area contributed by atoms with Gasteiger partial charge in [-0.25, -0.2) is 0 Å². The summed E-state index contributed by atoms with van der Waals surface area (Å²) in [6, 6.07) is 14.4. The van der Waals surface area contributed by atoms with E-state index < -0.39 is 0 Å². The second-order valence-electron chi connectivity index (χ2n) is 4.34. The minimum atomic E-state index is -0.152. The molecule has 0 saturated carbocycles. The lowest BCUT2D eigenvalue weighted by Crippen LogP contribution is -2.23. The van der Waals surface area contributed by atoms with Gasteiger partial charge in [0.05, 0.1) is 13.7 Å². The van der Waals surface area contributed by atoms with Gasteiger partial charge in [-0.2, -0.15) is 0 Å². The largest absolute Gasteiger partial charge is 0.497 e. The summed E-state index contributed by atoms with van der Waals surface area (Å²) in [4.78, 5) is 12.0. The number of rotatable bonds is 5. The van der Waals surface area contributed by atoms with Crippen LogP contribution in [0.3, 0.4) is 0 Å². The molecule has 2 aromatic carbocycles. The van der Waals surface area contributed by atoms with Crippen LogP contribution in [0.15, 0.2) is 48.5 Å². The molecule has 0 radical (unpaired) electrons. The van der Waals surface area contributed by atoms with Crippen LogP contribution in [0.1, 0.15) is 21.5 Å². The van der Waals surface area contributed by atoms with Crippen molar-refractivity contribution in [2.75, 3.05) is 7.11 Å². The first-order chi connectivity index (χ1) is 9.74. The van der Waals surface area contributed by atoms with Crippen molar-refractivity contribution in [3.8, 4) is 5.75 Å². The highest BCUT2D eigenvalue weighted by molar-refractivity contribution is 5.94. The third-order valence-corrected chi connectivity index (χ3v) is 3.08. The highest BCUT2D eigenvalue weighted by atomic mass is 16.5. The molecular weight excluding hydrogens is 254 g/mol. The average Bonchev–Trinajstić information content (AvgIpc) is 2.53. The van der Waals surface area contributed by atoms with Gasteiger partial charge >= 0.3 is 0 Å². The van der Waals surface area contributed by atoms with E-state index >= 15 is 0 Å². The summed E-state index contributed by atoms with van der Waals surface area (Å²) in [5.74, 6) is 0.563. The zero-order chi connectivity index (χ0) is 14.4. The molecule has 0 aliphatic rings. The SMILES string of the molecule is COc1ccc(C(=O)NCc2ccccc2CO)cc1. The smallest absolute Gasteiger partial charge is 0.251 e. The molecule has 4 heteroatoms. The molecule has 0 atom stereocenters. The first-order valence-electron chi connectivity index (χ1n) is 6.34. The number of aliphatic hydroxyl groups excluding tert-OH is 1. The fourth-order valence-electron chi connectivity index (χ4n) is 1.90. The molecule has 4 nitrogen and oxygen atoms in total. The Balaban J connectivity index is 2.01. The normalized spacial score (nSPS) is 10.1. The molecule has 0 aliphatic heterocycles. The fourth-order valence-corrected chi connectivity index (χ4v) is 1.90. The molecule has 1 amide bonds. The van der Waals surface area contributed by atoms with Gasteiger partial charge in [0, 0.05) is 12.1 Å². The van der Waals surface area contributed by atoms with Crippen molar-refractivity contribution in [1.82, 2.24) is 5.32 Å². The van der Waals surface area contributed by atoms with E-state index in [1.165, 1.54) is 0 Å². The predicted molar refractivity (Wildman–Crippen MR) is 76.5 cm³/mol. The summed E-state index contributed by atoms with van der Waals surface area (Å²) in [5, 5.41) is 12.1. The van der Waals surface area contributed by atoms with Crippen molar-refractivity contribution in [3.63, 3.8) is 0 Å². The molecule has 104 valence electrons. The molecule has 0 heterocycles. The Kier molecular flexibility index (Phi) is 4.74. The molecule has 0 aliphatic carbocycles. The monoisotopic (exact) mass is 271 g/mol. The Labute approximate surface area is 118 Å². The van der Waals surface area contributed by atoms with Crippen molar-refractivity contribution < 1.29 is 14.6 Å². The van der Waals surface area contributed by atoms with Gasteiger partial charge < -0.3 is 15.2 Å². The topological polar surface area (TPSA) is 58.6 Å². The van der Waals surface area contributed by atoms with Gasteiger partial charge in [0.15, 0.2) is 0 Å². The summed E-state index contributed by atoms with van der Waals surface area (Å²) in [5.41, 5.74) is 2.31. The number of carbonyl (C=O) groups is 1. The molecule has 0 saturated heterocycles. The van der Waals surface area contributed by atoms with Gasteiger partial charge in [0.25, 0.3) is 5.91 Å². The molecule has 0 bridgehead atoms. The molecule has 2 N–H and O–H groups in total. The van der Waals surface area contributed by atoms with E-state index in [9.17, 15) is 9.90 Å². The number of hydrogen-bond acceptors (Lipinski definition) is 3. The molecule has 20 heavy (non-hydrogen) atoms. The Hall–Kier alpha value is -2.33. The van der Waals surface area contributed by atoms with Crippen molar-refractivity contribution in [3.05, 3.63) is 65.2 Å². The van der Waals surface area contributed by atoms with Crippen LogP contribution in [0.4, 0.5) is 0 Å². The van der Waals surface area contributed by atoms with Crippen molar-refractivity contribution in [2.24, 2.45) is 0 Å². The van der Waals surface area contributed by atoms with Crippen LogP contribution in [-0.4, -0.2) is 18.1 Å². The van der Waals surface area contributed by atoms with Crippen LogP contribution >= 0.6 is 0 Å². The first-order valence-corrected chi connectivity index (χ1v) is 6.34. The lowest BCUT2D eigenvalue weighted by atomic mass is 10.1. The number of ether oxygens (including phenoxy) is 1. The number of nitrogens with one attached hydrogen (secondary N) is 1. The van der Waals surface area contributed by atoms with E-state index in [2.05, 4.69) is 5.32 Å². The highest BCUT2D eigenvalue weighted by Crippen LogP contribution is 2.12. The number of carbonyl (C=O) groups excluding carboxylic acids is 1. The Morgan fingerprint density at radius 2 is 1.75 bits per heavy atom. The van der Waals surface area contributed by atoms with Crippen LogP contribution in [0.2, 0.25) is 0 Å². The summed E-state index contributed by atoms with van der Waals surface area (Å²) >= 11 is 0. The highest BCUT2D eigenvalue weighted by Gasteiger charge is 2.07. The van der Waals surface area contributed by atoms with Crippen molar-refractivity contribution >= 4 is 5.91 Å². The fraction of sp³-hybridized carbons (Fsp3) is 0.188. The van der Waals surface area contributed by atoms with Gasteiger partial charge in [0.2, 0.25) is 0 Å². The molecular formula is C16H17NO3. The standard InChI is InChI=1S/C16H17NO3/c1-20-15-8-6-12(7-9-15)16(19)17-10-13-4-2-3-5-14(13)11-18/h2-9,18H,10-11H2,1H3,(H,17,19). The van der Waals surface area contributed by atoms with Gasteiger partial charge in [0.1, 0.15) is 5.75 Å². The van der Waals surface area contributed by atoms with E-state index in [4.69, 9.17) is 4.74 Å². The lowest BCUT2D eigenvalue weighted by Gasteiger charge is -2.09. The van der Waals surface area contributed by atoms with Crippen LogP contribution in [0.25, 0.3) is 0 Å². The zero-order valence-electron chi connectivity index (χ0n) is 11.3. The molecule has 2 aromatic rings. The van der Waals surface area contributed by atoms with E-state index in [1.807, 2.05) is 24.3 Å². The summed E-state index contributed by atoms with van der Waals surface area (Å²) < 4.78 is 5.05. The van der Waals surface area contributed by atoms with Crippen molar-refractivity contribution in [1.29, 1.82) is 0 Å². The van der Waals surface area contributed by atoms with E-state index in [1.54, 1.807) is 31.4 Å². The summed E-state index contributed by atoms with van der Waals surface area (Å²) in [6.45, 7) is 0.357. The van der Waals surface area contributed by atoms with E-state index in [0.29, 0.717) is 17.9 Å². The van der Waals surface area contributed by atoms with Crippen LogP contribution in [0, 0.1) is 0 Å². The minimum Gasteiger partial charge on any atom is -0.497 e. The molecule has 0 aromatic heterocycles. The number of aliphatic hydroxyl groups is 1. The average molecular weight is 271 g/mol. The van der Waals surface area contributed by atoms with E-state index in [-0.39, 0.29) is 12.5 Å². The van der Waals surface area contributed by atoms with Crippen LogP contribution in [0.5, 0.6) is 5.75 Å². The van der Waals surface area contributed by atoms with Gasteiger partial charge in [-0.1, -0.05) is 24.3 Å². The van der Waals surface area contributed by atoms with E-state index in [0.717, 1.165) is 11.1 Å². The maximum absolute atomic E-state index is 12.0. The Bertz CT molecular complexity index is 579. The number of benzene rings is 2. The number of hydrogen-bond donors (Lipinski definition) is 2. The van der Waals surface area contributed by atoms with Gasteiger partial charge in [-0.15, -0.1) is 0 Å². The number of amides is 1. The maximum Gasteiger partial charge on any atom is 0.251 e. The Morgan fingerprint density at radius 1 is 1.10 bits per heavy atom. The first kappa shape index (κ1) is 14.1. The summed E-state index contributed by atoms with van der Waals surface area (Å²) in [6.07, 6.45) is 0. The predicted octanol–water partition coefficient (Wildman–Crippen LogP) is 2.12. The molecule has 0 unspecified atom stereocenters. The van der Waals surface area contributed by atoms with Gasteiger partial charge in [-0.05, 0) is 35.4 Å². The van der Waals surface area contributed by atoms with Gasteiger partial charge in [-0.3, -0.25) is 4.79 Å². The quantitative estimate of drug-likeness (QED) is 0.875. The summed E-state index contributed by atoms with van der Waals surface area (Å²) in [7, 11) is 1.58. The number of methoxy groups -OCH3 is 1. The molecule has 0 spiro atoms. The van der Waals surface area contributed by atoms with Crippen LogP contribution in [-0.2, 0) is 13.2 Å².